The molecule has 0 unspecified atom stereocenters. The minimum Gasteiger partial charge on any atom is -0.248 e. The van der Waals surface area contributed by atoms with Crippen molar-refractivity contribution in [3.05, 3.63) is 11.4 Å². The molecular weight excluding hydrogens is 176 g/mol. The lowest BCUT2D eigenvalue weighted by atomic mass is 10.1. The van der Waals surface area contributed by atoms with Crippen molar-refractivity contribution in [1.29, 1.82) is 5.26 Å². The molecule has 1 rings (SSSR count). The predicted octanol–water partition coefficient (Wildman–Crippen LogP) is 2.07. The maximum absolute atomic E-state index is 8.84. The highest BCUT2D eigenvalue weighted by atomic mass is 15.4. The Morgan fingerprint density at radius 2 is 2.21 bits per heavy atom. The van der Waals surface area contributed by atoms with E-state index in [1.165, 1.54) is 0 Å². The van der Waals surface area contributed by atoms with E-state index in [9.17, 15) is 0 Å². The second kappa shape index (κ2) is 4.75. The van der Waals surface area contributed by atoms with Crippen molar-refractivity contribution >= 4 is 0 Å². The molecule has 0 atom stereocenters. The standard InChI is InChI=1S/C10H16N4/c1-4-5-6-14-10(8(2)3)9(7-11)12-13-14/h8H,4-6H2,1-3H3. The molecule has 1 aromatic heterocycles. The Bertz CT molecular complexity index is 332. The number of nitriles is 1. The number of unbranched alkanes of at least 4 members (excludes halogenated alkanes) is 1. The van der Waals surface area contributed by atoms with Gasteiger partial charge >= 0.3 is 0 Å². The number of aromatic nitrogens is 3. The second-order valence-electron chi connectivity index (χ2n) is 3.67. The maximum Gasteiger partial charge on any atom is 0.186 e. The number of nitrogens with zero attached hydrogens (tertiary/aromatic N) is 4. The number of rotatable bonds is 4. The van der Waals surface area contributed by atoms with Gasteiger partial charge in [0.1, 0.15) is 6.07 Å². The summed E-state index contributed by atoms with van der Waals surface area (Å²) in [5.74, 6) is 0.302. The molecule has 0 aromatic carbocycles. The summed E-state index contributed by atoms with van der Waals surface area (Å²) in [5.41, 5.74) is 1.43. The van der Waals surface area contributed by atoms with Gasteiger partial charge in [-0.1, -0.05) is 32.4 Å². The van der Waals surface area contributed by atoms with Crippen molar-refractivity contribution in [2.45, 2.75) is 46.1 Å². The molecule has 0 aliphatic carbocycles. The van der Waals surface area contributed by atoms with E-state index in [0.29, 0.717) is 11.6 Å². The highest BCUT2D eigenvalue weighted by Gasteiger charge is 2.14. The third-order valence-corrected chi connectivity index (χ3v) is 2.15. The van der Waals surface area contributed by atoms with E-state index in [4.69, 9.17) is 5.26 Å². The molecule has 0 saturated carbocycles. The lowest BCUT2D eigenvalue weighted by molar-refractivity contribution is 0.522. The highest BCUT2D eigenvalue weighted by molar-refractivity contribution is 5.26. The average molecular weight is 192 g/mol. The van der Waals surface area contributed by atoms with Crippen LogP contribution in [0.25, 0.3) is 0 Å². The first-order chi connectivity index (χ1) is 6.70. The molecular formula is C10H16N4. The molecule has 0 fully saturated rings. The van der Waals surface area contributed by atoms with Crippen LogP contribution >= 0.6 is 0 Å². The summed E-state index contributed by atoms with van der Waals surface area (Å²) in [6.07, 6.45) is 2.20. The van der Waals surface area contributed by atoms with Crippen LogP contribution in [0.2, 0.25) is 0 Å². The van der Waals surface area contributed by atoms with Gasteiger partial charge in [-0.25, -0.2) is 4.68 Å². The fourth-order valence-electron chi connectivity index (χ4n) is 1.44. The number of hydrogen-bond donors (Lipinski definition) is 0. The monoisotopic (exact) mass is 192 g/mol. The van der Waals surface area contributed by atoms with Crippen molar-refractivity contribution in [3.63, 3.8) is 0 Å². The fraction of sp³-hybridized carbons (Fsp3) is 0.700. The summed E-state index contributed by atoms with van der Waals surface area (Å²) >= 11 is 0. The van der Waals surface area contributed by atoms with Gasteiger partial charge in [-0.15, -0.1) is 5.10 Å². The van der Waals surface area contributed by atoms with Crippen LogP contribution in [-0.4, -0.2) is 15.0 Å². The average Bonchev–Trinajstić information content (AvgIpc) is 2.57. The van der Waals surface area contributed by atoms with E-state index in [1.807, 2.05) is 4.68 Å². The Morgan fingerprint density at radius 1 is 1.50 bits per heavy atom. The predicted molar refractivity (Wildman–Crippen MR) is 53.7 cm³/mol. The van der Waals surface area contributed by atoms with Gasteiger partial charge in [0.2, 0.25) is 0 Å². The van der Waals surface area contributed by atoms with Crippen LogP contribution in [0.4, 0.5) is 0 Å². The molecule has 4 heteroatoms. The van der Waals surface area contributed by atoms with Crippen molar-refractivity contribution in [2.24, 2.45) is 0 Å². The third-order valence-electron chi connectivity index (χ3n) is 2.15. The number of hydrogen-bond acceptors (Lipinski definition) is 3. The molecule has 0 aliphatic rings. The van der Waals surface area contributed by atoms with Gasteiger partial charge in [-0.05, 0) is 12.3 Å². The van der Waals surface area contributed by atoms with Crippen LogP contribution in [0.5, 0.6) is 0 Å². The van der Waals surface area contributed by atoms with E-state index in [0.717, 1.165) is 25.1 Å². The Hall–Kier alpha value is -1.37. The lowest BCUT2D eigenvalue weighted by Crippen LogP contribution is -2.07. The fourth-order valence-corrected chi connectivity index (χ4v) is 1.44. The SMILES string of the molecule is CCCCn1nnc(C#N)c1C(C)C. The van der Waals surface area contributed by atoms with Crippen LogP contribution in [0.1, 0.15) is 50.9 Å². The van der Waals surface area contributed by atoms with Crippen molar-refractivity contribution in [1.82, 2.24) is 15.0 Å². The first kappa shape index (κ1) is 10.7. The quantitative estimate of drug-likeness (QED) is 0.733. The molecule has 0 saturated heterocycles. The van der Waals surface area contributed by atoms with Gasteiger partial charge in [-0.2, -0.15) is 5.26 Å². The molecule has 0 amide bonds. The summed E-state index contributed by atoms with van der Waals surface area (Å²) in [5, 5.41) is 16.7. The van der Waals surface area contributed by atoms with Crippen LogP contribution in [-0.2, 0) is 6.54 Å². The lowest BCUT2D eigenvalue weighted by Gasteiger charge is -2.07. The van der Waals surface area contributed by atoms with Crippen molar-refractivity contribution in [3.8, 4) is 6.07 Å². The smallest absolute Gasteiger partial charge is 0.186 e. The van der Waals surface area contributed by atoms with Gasteiger partial charge in [0, 0.05) is 6.54 Å². The van der Waals surface area contributed by atoms with E-state index in [1.54, 1.807) is 0 Å². The molecule has 0 radical (unpaired) electrons. The summed E-state index contributed by atoms with van der Waals surface area (Å²) in [4.78, 5) is 0. The van der Waals surface area contributed by atoms with Crippen LogP contribution in [0.3, 0.4) is 0 Å². The highest BCUT2D eigenvalue weighted by Crippen LogP contribution is 2.17. The first-order valence-corrected chi connectivity index (χ1v) is 5.04. The van der Waals surface area contributed by atoms with E-state index in [-0.39, 0.29) is 0 Å². The summed E-state index contributed by atoms with van der Waals surface area (Å²) in [6.45, 7) is 7.11. The molecule has 4 nitrogen and oxygen atoms in total. The van der Waals surface area contributed by atoms with Gasteiger partial charge in [0.25, 0.3) is 0 Å². The summed E-state index contributed by atoms with van der Waals surface area (Å²) in [7, 11) is 0. The van der Waals surface area contributed by atoms with E-state index in [2.05, 4.69) is 37.2 Å². The second-order valence-corrected chi connectivity index (χ2v) is 3.67. The zero-order valence-corrected chi connectivity index (χ0v) is 8.99. The molecule has 1 aromatic rings. The Labute approximate surface area is 84.5 Å². The Balaban J connectivity index is 2.94. The van der Waals surface area contributed by atoms with Crippen LogP contribution in [0, 0.1) is 11.3 Å². The largest absolute Gasteiger partial charge is 0.248 e. The topological polar surface area (TPSA) is 54.5 Å². The Morgan fingerprint density at radius 3 is 2.71 bits per heavy atom. The molecule has 0 bridgehead atoms. The minimum atomic E-state index is 0.302. The molecule has 0 N–H and O–H groups in total. The number of aryl methyl sites for hydroxylation is 1. The first-order valence-electron chi connectivity index (χ1n) is 5.04. The zero-order valence-electron chi connectivity index (χ0n) is 8.99. The van der Waals surface area contributed by atoms with Crippen LogP contribution < -0.4 is 0 Å². The summed E-state index contributed by atoms with van der Waals surface area (Å²) in [6, 6.07) is 2.08. The van der Waals surface area contributed by atoms with Gasteiger partial charge in [0.05, 0.1) is 5.69 Å². The van der Waals surface area contributed by atoms with E-state index >= 15 is 0 Å². The third kappa shape index (κ3) is 2.11. The van der Waals surface area contributed by atoms with Gasteiger partial charge in [0.15, 0.2) is 5.69 Å². The maximum atomic E-state index is 8.84. The summed E-state index contributed by atoms with van der Waals surface area (Å²) < 4.78 is 1.85. The van der Waals surface area contributed by atoms with Crippen molar-refractivity contribution in [2.75, 3.05) is 0 Å². The van der Waals surface area contributed by atoms with E-state index < -0.39 is 0 Å². The molecule has 76 valence electrons. The van der Waals surface area contributed by atoms with Crippen LogP contribution in [0.15, 0.2) is 0 Å². The van der Waals surface area contributed by atoms with Gasteiger partial charge in [-0.3, -0.25) is 0 Å². The van der Waals surface area contributed by atoms with Crippen molar-refractivity contribution < 1.29 is 0 Å². The molecule has 14 heavy (non-hydrogen) atoms. The van der Waals surface area contributed by atoms with Gasteiger partial charge < -0.3 is 0 Å². The molecule has 1 heterocycles. The minimum absolute atomic E-state index is 0.302. The molecule has 0 aliphatic heterocycles. The zero-order chi connectivity index (χ0) is 10.6. The normalized spacial score (nSPS) is 10.5. The Kier molecular flexibility index (Phi) is 3.63. The molecule has 0 spiro atoms.